The molecule has 2 N–H and O–H groups in total. The summed E-state index contributed by atoms with van der Waals surface area (Å²) in [6.45, 7) is 3.16. The van der Waals surface area contributed by atoms with Crippen LogP contribution in [0.2, 0.25) is 0 Å². The number of benzene rings is 1. The molecule has 1 fully saturated rings. The maximum Gasteiger partial charge on any atom is 0.0991 e. The lowest BCUT2D eigenvalue weighted by molar-refractivity contribution is 0.468. The Morgan fingerprint density at radius 1 is 1.24 bits per heavy atom. The standard InChI is InChI=1S/C14H19N3/c15-10-12-3-5-13(6-4-12)11-17-14-2-1-8-16-9-7-14/h3-6,14,16-17H,1-2,7-9,11H2. The highest BCUT2D eigenvalue weighted by atomic mass is 14.9. The van der Waals surface area contributed by atoms with Gasteiger partial charge < -0.3 is 10.6 Å². The predicted molar refractivity (Wildman–Crippen MR) is 68.5 cm³/mol. The summed E-state index contributed by atoms with van der Waals surface area (Å²) in [5, 5.41) is 15.7. The van der Waals surface area contributed by atoms with Crippen LogP contribution in [0.3, 0.4) is 0 Å². The van der Waals surface area contributed by atoms with Crippen LogP contribution >= 0.6 is 0 Å². The number of hydrogen-bond donors (Lipinski definition) is 2. The van der Waals surface area contributed by atoms with Crippen LogP contribution in [0.4, 0.5) is 0 Å². The summed E-state index contributed by atoms with van der Waals surface area (Å²) in [6.07, 6.45) is 3.71. The summed E-state index contributed by atoms with van der Waals surface area (Å²) >= 11 is 0. The van der Waals surface area contributed by atoms with Gasteiger partial charge in [-0.25, -0.2) is 0 Å². The Morgan fingerprint density at radius 3 is 2.82 bits per heavy atom. The number of nitriles is 1. The number of nitrogens with zero attached hydrogens (tertiary/aromatic N) is 1. The molecule has 0 spiro atoms. The summed E-state index contributed by atoms with van der Waals surface area (Å²) in [4.78, 5) is 0. The molecule has 3 heteroatoms. The maximum atomic E-state index is 8.72. The van der Waals surface area contributed by atoms with Gasteiger partial charge in [0.25, 0.3) is 0 Å². The van der Waals surface area contributed by atoms with Crippen LogP contribution in [0, 0.1) is 11.3 Å². The fourth-order valence-electron chi connectivity index (χ4n) is 2.18. The molecule has 0 aromatic heterocycles. The van der Waals surface area contributed by atoms with E-state index in [1.165, 1.54) is 24.8 Å². The Balaban J connectivity index is 1.82. The Labute approximate surface area is 103 Å². The van der Waals surface area contributed by atoms with Crippen LogP contribution in [-0.2, 0) is 6.54 Å². The summed E-state index contributed by atoms with van der Waals surface area (Å²) < 4.78 is 0. The molecule has 1 aliphatic heterocycles. The molecular weight excluding hydrogens is 210 g/mol. The van der Waals surface area contributed by atoms with E-state index in [0.29, 0.717) is 6.04 Å². The highest BCUT2D eigenvalue weighted by Gasteiger charge is 2.10. The van der Waals surface area contributed by atoms with E-state index in [9.17, 15) is 0 Å². The van der Waals surface area contributed by atoms with Crippen molar-refractivity contribution in [1.29, 1.82) is 5.26 Å². The first-order valence-electron chi connectivity index (χ1n) is 6.31. The van der Waals surface area contributed by atoms with Crippen LogP contribution in [0.5, 0.6) is 0 Å². The molecule has 17 heavy (non-hydrogen) atoms. The van der Waals surface area contributed by atoms with Gasteiger partial charge in [0, 0.05) is 12.6 Å². The van der Waals surface area contributed by atoms with Crippen molar-refractivity contribution in [2.75, 3.05) is 13.1 Å². The predicted octanol–water partition coefficient (Wildman–Crippen LogP) is 1.79. The SMILES string of the molecule is N#Cc1ccc(CNC2CCCNCC2)cc1. The van der Waals surface area contributed by atoms with Crippen molar-refractivity contribution in [2.24, 2.45) is 0 Å². The van der Waals surface area contributed by atoms with Crippen molar-refractivity contribution >= 4 is 0 Å². The van der Waals surface area contributed by atoms with E-state index in [4.69, 9.17) is 5.26 Å². The van der Waals surface area contributed by atoms with E-state index in [-0.39, 0.29) is 0 Å². The summed E-state index contributed by atoms with van der Waals surface area (Å²) in [7, 11) is 0. The normalized spacial score (nSPS) is 20.5. The minimum atomic E-state index is 0.626. The number of rotatable bonds is 3. The van der Waals surface area contributed by atoms with Crippen molar-refractivity contribution in [1.82, 2.24) is 10.6 Å². The highest BCUT2D eigenvalue weighted by molar-refractivity contribution is 5.31. The van der Waals surface area contributed by atoms with Crippen LogP contribution in [0.25, 0.3) is 0 Å². The molecule has 1 heterocycles. The van der Waals surface area contributed by atoms with Gasteiger partial charge in [0.05, 0.1) is 11.6 Å². The van der Waals surface area contributed by atoms with Gasteiger partial charge in [0.2, 0.25) is 0 Å². The largest absolute Gasteiger partial charge is 0.317 e. The molecule has 1 aromatic rings. The first-order valence-corrected chi connectivity index (χ1v) is 6.31. The van der Waals surface area contributed by atoms with E-state index in [0.717, 1.165) is 25.2 Å². The molecule has 0 bridgehead atoms. The van der Waals surface area contributed by atoms with Gasteiger partial charge in [-0.15, -0.1) is 0 Å². The van der Waals surface area contributed by atoms with Crippen molar-refractivity contribution in [3.63, 3.8) is 0 Å². The number of hydrogen-bond acceptors (Lipinski definition) is 3. The minimum Gasteiger partial charge on any atom is -0.317 e. The second kappa shape index (κ2) is 6.39. The van der Waals surface area contributed by atoms with Crippen LogP contribution in [0.15, 0.2) is 24.3 Å². The lowest BCUT2D eigenvalue weighted by Gasteiger charge is -2.15. The van der Waals surface area contributed by atoms with Crippen LogP contribution in [-0.4, -0.2) is 19.1 Å². The molecule has 1 saturated heterocycles. The third-order valence-electron chi connectivity index (χ3n) is 3.25. The zero-order valence-electron chi connectivity index (χ0n) is 10.1. The van der Waals surface area contributed by atoms with Gasteiger partial charge in [-0.3, -0.25) is 0 Å². The molecule has 90 valence electrons. The average Bonchev–Trinajstić information content (AvgIpc) is 2.65. The summed E-state index contributed by atoms with van der Waals surface area (Å²) in [6, 6.07) is 10.6. The first kappa shape index (κ1) is 12.1. The van der Waals surface area contributed by atoms with Gasteiger partial charge in [-0.1, -0.05) is 12.1 Å². The Hall–Kier alpha value is -1.37. The van der Waals surface area contributed by atoms with Gasteiger partial charge in [-0.2, -0.15) is 5.26 Å². The highest BCUT2D eigenvalue weighted by Crippen LogP contribution is 2.08. The lowest BCUT2D eigenvalue weighted by atomic mass is 10.1. The molecule has 1 atom stereocenters. The van der Waals surface area contributed by atoms with E-state index in [1.807, 2.05) is 24.3 Å². The van der Waals surface area contributed by atoms with E-state index in [1.54, 1.807) is 0 Å². The first-order chi connectivity index (χ1) is 8.38. The van der Waals surface area contributed by atoms with Crippen molar-refractivity contribution < 1.29 is 0 Å². The second-order valence-corrected chi connectivity index (χ2v) is 4.57. The third kappa shape index (κ3) is 3.85. The number of nitrogens with one attached hydrogen (secondary N) is 2. The van der Waals surface area contributed by atoms with Crippen molar-refractivity contribution in [3.05, 3.63) is 35.4 Å². The van der Waals surface area contributed by atoms with E-state index >= 15 is 0 Å². The van der Waals surface area contributed by atoms with Gasteiger partial charge >= 0.3 is 0 Å². The topological polar surface area (TPSA) is 47.9 Å². The van der Waals surface area contributed by atoms with Crippen LogP contribution < -0.4 is 10.6 Å². The monoisotopic (exact) mass is 229 g/mol. The molecule has 1 aromatic carbocycles. The summed E-state index contributed by atoms with van der Waals surface area (Å²) in [5.74, 6) is 0. The molecule has 3 nitrogen and oxygen atoms in total. The van der Waals surface area contributed by atoms with Gasteiger partial charge in [0.1, 0.15) is 0 Å². The average molecular weight is 229 g/mol. The van der Waals surface area contributed by atoms with Crippen molar-refractivity contribution in [3.8, 4) is 6.07 Å². The maximum absolute atomic E-state index is 8.72. The molecule has 1 unspecified atom stereocenters. The zero-order chi connectivity index (χ0) is 11.9. The van der Waals surface area contributed by atoms with Crippen LogP contribution in [0.1, 0.15) is 30.4 Å². The lowest BCUT2D eigenvalue weighted by Crippen LogP contribution is -2.29. The fourth-order valence-corrected chi connectivity index (χ4v) is 2.18. The fraction of sp³-hybridized carbons (Fsp3) is 0.500. The molecule has 0 amide bonds. The Bertz CT molecular complexity index is 369. The minimum absolute atomic E-state index is 0.626. The van der Waals surface area contributed by atoms with Crippen molar-refractivity contribution in [2.45, 2.75) is 31.8 Å². The van der Waals surface area contributed by atoms with Gasteiger partial charge in [0.15, 0.2) is 0 Å². The molecular formula is C14H19N3. The summed E-state index contributed by atoms with van der Waals surface area (Å²) in [5.41, 5.74) is 1.98. The smallest absolute Gasteiger partial charge is 0.0991 e. The van der Waals surface area contributed by atoms with Gasteiger partial charge in [-0.05, 0) is 50.0 Å². The quantitative estimate of drug-likeness (QED) is 0.830. The third-order valence-corrected chi connectivity index (χ3v) is 3.25. The van der Waals surface area contributed by atoms with E-state index in [2.05, 4.69) is 16.7 Å². The Morgan fingerprint density at radius 2 is 2.06 bits per heavy atom. The molecule has 0 aliphatic carbocycles. The molecule has 0 saturated carbocycles. The second-order valence-electron chi connectivity index (χ2n) is 4.57. The Kier molecular flexibility index (Phi) is 4.54. The molecule has 0 radical (unpaired) electrons. The zero-order valence-corrected chi connectivity index (χ0v) is 10.1. The molecule has 2 rings (SSSR count). The van der Waals surface area contributed by atoms with E-state index < -0.39 is 0 Å². The molecule has 1 aliphatic rings.